The molecule has 152 valence electrons. The molecular formula is C21H28N2O5. The lowest BCUT2D eigenvalue weighted by molar-refractivity contribution is -0.150. The molecule has 7 heteroatoms. The smallest absolute Gasteiger partial charge is 0.319 e. The largest absolute Gasteiger partial charge is 0.493 e. The Balaban J connectivity index is 1.79. The third-order valence-corrected chi connectivity index (χ3v) is 5.48. The summed E-state index contributed by atoms with van der Waals surface area (Å²) in [5, 5.41) is 5.41. The van der Waals surface area contributed by atoms with Crippen LogP contribution >= 0.6 is 0 Å². The van der Waals surface area contributed by atoms with E-state index >= 15 is 0 Å². The molecule has 1 aromatic carbocycles. The molecule has 2 fully saturated rings. The maximum absolute atomic E-state index is 12.9. The van der Waals surface area contributed by atoms with Crippen LogP contribution in [0.15, 0.2) is 30.5 Å². The molecule has 1 heterocycles. The molecule has 0 radical (unpaired) electrons. The van der Waals surface area contributed by atoms with E-state index in [2.05, 4.69) is 17.2 Å². The number of rotatable bonds is 6. The average Bonchev–Trinajstić information content (AvgIpc) is 2.71. The molecule has 1 saturated heterocycles. The Labute approximate surface area is 165 Å². The van der Waals surface area contributed by atoms with Gasteiger partial charge in [-0.25, -0.2) is 4.79 Å². The zero-order valence-electron chi connectivity index (χ0n) is 16.5. The monoisotopic (exact) mass is 388 g/mol. The molecule has 1 saturated carbocycles. The van der Waals surface area contributed by atoms with E-state index in [1.807, 2.05) is 0 Å². The van der Waals surface area contributed by atoms with Gasteiger partial charge in [0.2, 0.25) is 0 Å². The van der Waals surface area contributed by atoms with Crippen LogP contribution in [0.3, 0.4) is 0 Å². The number of benzene rings is 1. The molecule has 2 atom stereocenters. The predicted molar refractivity (Wildman–Crippen MR) is 104 cm³/mol. The summed E-state index contributed by atoms with van der Waals surface area (Å²) in [7, 11) is 3.09. The minimum atomic E-state index is -0.723. The van der Waals surface area contributed by atoms with Crippen LogP contribution in [-0.2, 0) is 9.53 Å². The maximum atomic E-state index is 12.9. The van der Waals surface area contributed by atoms with Gasteiger partial charge in [0.05, 0.1) is 26.9 Å². The second-order valence-electron chi connectivity index (χ2n) is 7.33. The molecule has 0 bridgehead atoms. The number of urea groups is 1. The summed E-state index contributed by atoms with van der Waals surface area (Å²) in [6.07, 6.45) is 5.80. The van der Waals surface area contributed by atoms with E-state index in [-0.39, 0.29) is 5.97 Å². The van der Waals surface area contributed by atoms with Crippen molar-refractivity contribution in [3.05, 3.63) is 36.0 Å². The van der Waals surface area contributed by atoms with Gasteiger partial charge in [-0.2, -0.15) is 0 Å². The Kier molecular flexibility index (Phi) is 6.44. The molecule has 7 nitrogen and oxygen atoms in total. The highest BCUT2D eigenvalue weighted by atomic mass is 16.5. The van der Waals surface area contributed by atoms with Crippen molar-refractivity contribution >= 4 is 12.0 Å². The van der Waals surface area contributed by atoms with Crippen molar-refractivity contribution in [3.63, 3.8) is 0 Å². The molecule has 1 aliphatic heterocycles. The van der Waals surface area contributed by atoms with Gasteiger partial charge in [0.15, 0.2) is 11.5 Å². The summed E-state index contributed by atoms with van der Waals surface area (Å²) in [4.78, 5) is 24.9. The second kappa shape index (κ2) is 8.99. The lowest BCUT2D eigenvalue weighted by Gasteiger charge is -2.34. The number of methoxy groups -OCH3 is 2. The third-order valence-electron chi connectivity index (χ3n) is 5.48. The van der Waals surface area contributed by atoms with Crippen molar-refractivity contribution in [1.29, 1.82) is 0 Å². The van der Waals surface area contributed by atoms with Crippen molar-refractivity contribution in [3.8, 4) is 11.5 Å². The molecular weight excluding hydrogens is 360 g/mol. The van der Waals surface area contributed by atoms with Crippen LogP contribution in [0.25, 0.3) is 0 Å². The lowest BCUT2D eigenvalue weighted by Crippen LogP contribution is -2.51. The normalized spacial score (nSPS) is 22.8. The number of hydrogen-bond acceptors (Lipinski definition) is 5. The zero-order valence-corrected chi connectivity index (χ0v) is 16.5. The van der Waals surface area contributed by atoms with Gasteiger partial charge >= 0.3 is 12.0 Å². The standard InChI is InChI=1S/C21H28N2O5/c1-13-18(20(24)28-12-14-7-5-4-6-8-14)19(23-21(25)22-13)15-9-10-16(26-2)17(11-15)27-3/h9-11,14,18-19H,1,4-8,12H2,2-3H3,(H2,22,23,25). The van der Waals surface area contributed by atoms with Gasteiger partial charge in [-0.3, -0.25) is 4.79 Å². The van der Waals surface area contributed by atoms with Gasteiger partial charge < -0.3 is 24.8 Å². The fraction of sp³-hybridized carbons (Fsp3) is 0.524. The zero-order chi connectivity index (χ0) is 20.1. The minimum Gasteiger partial charge on any atom is -0.493 e. The summed E-state index contributed by atoms with van der Waals surface area (Å²) < 4.78 is 16.3. The van der Waals surface area contributed by atoms with E-state index in [1.165, 1.54) is 26.4 Å². The molecule has 2 aliphatic rings. The van der Waals surface area contributed by atoms with Crippen molar-refractivity contribution in [2.45, 2.75) is 38.1 Å². The van der Waals surface area contributed by atoms with Crippen molar-refractivity contribution in [1.82, 2.24) is 10.6 Å². The van der Waals surface area contributed by atoms with Crippen LogP contribution in [0, 0.1) is 11.8 Å². The Morgan fingerprint density at radius 3 is 2.54 bits per heavy atom. The third kappa shape index (κ3) is 4.40. The average molecular weight is 388 g/mol. The lowest BCUT2D eigenvalue weighted by atomic mass is 9.88. The molecule has 2 unspecified atom stereocenters. The molecule has 1 aliphatic carbocycles. The van der Waals surface area contributed by atoms with E-state index in [9.17, 15) is 9.59 Å². The van der Waals surface area contributed by atoms with E-state index < -0.39 is 18.0 Å². The van der Waals surface area contributed by atoms with E-state index in [0.29, 0.717) is 35.3 Å². The molecule has 2 N–H and O–H groups in total. The highest BCUT2D eigenvalue weighted by Gasteiger charge is 2.39. The van der Waals surface area contributed by atoms with Gasteiger partial charge in [-0.05, 0) is 36.5 Å². The summed E-state index contributed by atoms with van der Waals surface area (Å²) in [5.41, 5.74) is 1.05. The summed E-state index contributed by atoms with van der Waals surface area (Å²) in [6, 6.07) is 4.30. The molecule has 3 rings (SSSR count). The fourth-order valence-corrected chi connectivity index (χ4v) is 3.93. The predicted octanol–water partition coefficient (Wildman–Crippen LogP) is 3.31. The first-order chi connectivity index (χ1) is 13.5. The highest BCUT2D eigenvalue weighted by molar-refractivity contribution is 5.85. The van der Waals surface area contributed by atoms with Gasteiger partial charge in [0.25, 0.3) is 0 Å². The summed E-state index contributed by atoms with van der Waals surface area (Å²) in [6.45, 7) is 4.30. The molecule has 0 spiro atoms. The maximum Gasteiger partial charge on any atom is 0.319 e. The van der Waals surface area contributed by atoms with Gasteiger partial charge in [0, 0.05) is 5.70 Å². The van der Waals surface area contributed by atoms with Crippen LogP contribution in [0.5, 0.6) is 11.5 Å². The number of carbonyl (C=O) groups excluding carboxylic acids is 2. The summed E-state index contributed by atoms with van der Waals surface area (Å²) >= 11 is 0. The van der Waals surface area contributed by atoms with Gasteiger partial charge in [-0.15, -0.1) is 0 Å². The number of hydrogen-bond donors (Lipinski definition) is 2. The quantitative estimate of drug-likeness (QED) is 0.730. The van der Waals surface area contributed by atoms with Crippen LogP contribution < -0.4 is 20.1 Å². The van der Waals surface area contributed by atoms with E-state index in [0.717, 1.165) is 12.8 Å². The Morgan fingerprint density at radius 1 is 1.14 bits per heavy atom. The van der Waals surface area contributed by atoms with Crippen LogP contribution in [0.2, 0.25) is 0 Å². The van der Waals surface area contributed by atoms with E-state index in [4.69, 9.17) is 14.2 Å². The van der Waals surface area contributed by atoms with Crippen molar-refractivity contribution in [2.24, 2.45) is 11.8 Å². The van der Waals surface area contributed by atoms with Gasteiger partial charge in [-0.1, -0.05) is 31.9 Å². The van der Waals surface area contributed by atoms with Crippen molar-refractivity contribution in [2.75, 3.05) is 20.8 Å². The molecule has 2 amide bonds. The van der Waals surface area contributed by atoms with Gasteiger partial charge in [0.1, 0.15) is 5.92 Å². The Bertz CT molecular complexity index is 742. The topological polar surface area (TPSA) is 85.9 Å². The van der Waals surface area contributed by atoms with Crippen LogP contribution in [0.1, 0.15) is 43.7 Å². The Hall–Kier alpha value is -2.70. The second-order valence-corrected chi connectivity index (χ2v) is 7.33. The number of nitrogens with one attached hydrogen (secondary N) is 2. The molecule has 0 aromatic heterocycles. The van der Waals surface area contributed by atoms with Crippen LogP contribution in [-0.4, -0.2) is 32.8 Å². The SMILES string of the molecule is C=C1NC(=O)NC(c2ccc(OC)c(OC)c2)C1C(=O)OCC1CCCCC1. The summed E-state index contributed by atoms with van der Waals surface area (Å²) in [5.74, 6) is 0.397. The minimum absolute atomic E-state index is 0.331. The highest BCUT2D eigenvalue weighted by Crippen LogP contribution is 2.36. The molecule has 1 aromatic rings. The first-order valence-corrected chi connectivity index (χ1v) is 9.68. The number of carbonyl (C=O) groups is 2. The fourth-order valence-electron chi connectivity index (χ4n) is 3.93. The number of ether oxygens (including phenoxy) is 3. The first-order valence-electron chi connectivity index (χ1n) is 9.68. The first kappa shape index (κ1) is 20.0. The number of esters is 1. The van der Waals surface area contributed by atoms with Crippen LogP contribution in [0.4, 0.5) is 4.79 Å². The number of amides is 2. The van der Waals surface area contributed by atoms with E-state index in [1.54, 1.807) is 25.3 Å². The Morgan fingerprint density at radius 2 is 1.86 bits per heavy atom. The van der Waals surface area contributed by atoms with Crippen molar-refractivity contribution < 1.29 is 23.8 Å². The molecule has 28 heavy (non-hydrogen) atoms.